The average Bonchev–Trinajstić information content (AvgIpc) is 3.41. The van der Waals surface area contributed by atoms with Crippen LogP contribution >= 0.6 is 0 Å². The predicted molar refractivity (Wildman–Crippen MR) is 103 cm³/mol. The van der Waals surface area contributed by atoms with Gasteiger partial charge in [-0.2, -0.15) is 5.10 Å². The molecule has 2 aromatic heterocycles. The van der Waals surface area contributed by atoms with Crippen molar-refractivity contribution in [1.29, 1.82) is 0 Å². The topological polar surface area (TPSA) is 80.8 Å². The molecular formula is C21H20N4O4. The summed E-state index contributed by atoms with van der Waals surface area (Å²) in [5, 5.41) is 4.51. The number of para-hydroxylation sites is 1. The van der Waals surface area contributed by atoms with Gasteiger partial charge < -0.3 is 19.0 Å². The van der Waals surface area contributed by atoms with Crippen LogP contribution in [-0.2, 0) is 13.7 Å². The number of nitrogens with zero attached hydrogens (tertiary/aromatic N) is 4. The van der Waals surface area contributed by atoms with Crippen molar-refractivity contribution in [1.82, 2.24) is 19.6 Å². The van der Waals surface area contributed by atoms with E-state index < -0.39 is 0 Å². The van der Waals surface area contributed by atoms with E-state index in [1.54, 1.807) is 26.6 Å². The molecule has 1 fully saturated rings. The lowest BCUT2D eigenvalue weighted by molar-refractivity contribution is 0.0513. The molecule has 8 nitrogen and oxygen atoms in total. The largest absolute Gasteiger partial charge is 0.488 e. The first-order valence-electron chi connectivity index (χ1n) is 9.53. The van der Waals surface area contributed by atoms with Crippen LogP contribution < -0.4 is 4.74 Å². The number of carbonyl (C=O) groups excluding carboxylic acids is 2. The van der Waals surface area contributed by atoms with Gasteiger partial charge in [-0.05, 0) is 24.3 Å². The van der Waals surface area contributed by atoms with Crippen molar-refractivity contribution in [3.63, 3.8) is 0 Å². The van der Waals surface area contributed by atoms with Crippen molar-refractivity contribution < 1.29 is 18.7 Å². The van der Waals surface area contributed by atoms with Crippen molar-refractivity contribution in [2.45, 2.75) is 6.61 Å². The second-order valence-electron chi connectivity index (χ2n) is 7.15. The van der Waals surface area contributed by atoms with Crippen molar-refractivity contribution in [2.75, 3.05) is 26.2 Å². The van der Waals surface area contributed by atoms with Gasteiger partial charge >= 0.3 is 0 Å². The predicted octanol–water partition coefficient (Wildman–Crippen LogP) is 2.17. The highest BCUT2D eigenvalue weighted by Gasteiger charge is 2.32. The van der Waals surface area contributed by atoms with E-state index in [4.69, 9.17) is 9.15 Å². The quantitative estimate of drug-likeness (QED) is 0.668. The third kappa shape index (κ3) is 2.88. The maximum atomic E-state index is 13.2. The number of aromatic nitrogens is 2. The molecule has 0 bridgehead atoms. The van der Waals surface area contributed by atoms with Gasteiger partial charge in [0.05, 0.1) is 12.0 Å². The van der Waals surface area contributed by atoms with Crippen molar-refractivity contribution in [2.24, 2.45) is 7.05 Å². The van der Waals surface area contributed by atoms with Gasteiger partial charge in [0.15, 0.2) is 11.5 Å². The number of aryl methyl sites for hydroxylation is 1. The Hall–Kier alpha value is -3.55. The maximum Gasteiger partial charge on any atom is 0.289 e. The molecule has 0 unspecified atom stereocenters. The van der Waals surface area contributed by atoms with E-state index in [0.29, 0.717) is 44.2 Å². The number of piperazine rings is 1. The monoisotopic (exact) mass is 392 g/mol. The minimum atomic E-state index is -0.151. The minimum absolute atomic E-state index is 0.130. The minimum Gasteiger partial charge on any atom is -0.488 e. The van der Waals surface area contributed by atoms with Gasteiger partial charge in [-0.3, -0.25) is 14.3 Å². The van der Waals surface area contributed by atoms with Gasteiger partial charge in [0.25, 0.3) is 11.8 Å². The third-order valence-corrected chi connectivity index (χ3v) is 5.45. The molecule has 3 aromatic rings. The molecule has 2 amide bonds. The van der Waals surface area contributed by atoms with Crippen LogP contribution in [0, 0.1) is 0 Å². The van der Waals surface area contributed by atoms with Crippen LogP contribution in [0.5, 0.6) is 5.75 Å². The first-order chi connectivity index (χ1) is 14.1. The molecule has 8 heteroatoms. The number of hydrogen-bond acceptors (Lipinski definition) is 5. The highest BCUT2D eigenvalue weighted by atomic mass is 16.5. The lowest BCUT2D eigenvalue weighted by Crippen LogP contribution is -2.50. The maximum absolute atomic E-state index is 13.2. The summed E-state index contributed by atoms with van der Waals surface area (Å²) in [4.78, 5) is 29.0. The molecule has 0 atom stereocenters. The van der Waals surface area contributed by atoms with Crippen LogP contribution in [0.3, 0.4) is 0 Å². The Morgan fingerprint density at radius 2 is 1.69 bits per heavy atom. The molecule has 0 spiro atoms. The lowest BCUT2D eigenvalue weighted by atomic mass is 10.0. The van der Waals surface area contributed by atoms with E-state index in [1.807, 2.05) is 31.3 Å². The molecule has 1 saturated heterocycles. The number of furan rings is 1. The smallest absolute Gasteiger partial charge is 0.289 e. The molecule has 0 radical (unpaired) electrons. The summed E-state index contributed by atoms with van der Waals surface area (Å²) in [6.45, 7) is 2.14. The SMILES string of the molecule is Cn1nc(C(=O)N2CCN(C(=O)c3ccco3)CC2)c2c1-c1ccccc1OC2. The Bertz CT molecular complexity index is 1080. The Morgan fingerprint density at radius 1 is 0.966 bits per heavy atom. The fourth-order valence-electron chi connectivity index (χ4n) is 3.97. The molecule has 2 aliphatic rings. The highest BCUT2D eigenvalue weighted by Crippen LogP contribution is 2.38. The number of benzene rings is 1. The van der Waals surface area contributed by atoms with E-state index >= 15 is 0 Å². The summed E-state index contributed by atoms with van der Waals surface area (Å²) < 4.78 is 12.8. The van der Waals surface area contributed by atoms with E-state index in [1.165, 1.54) is 6.26 Å². The second-order valence-corrected chi connectivity index (χ2v) is 7.15. The van der Waals surface area contributed by atoms with E-state index in [2.05, 4.69) is 5.10 Å². The van der Waals surface area contributed by atoms with Crippen molar-refractivity contribution in [3.05, 3.63) is 59.7 Å². The molecule has 0 N–H and O–H groups in total. The van der Waals surface area contributed by atoms with Gasteiger partial charge in [-0.25, -0.2) is 0 Å². The third-order valence-electron chi connectivity index (χ3n) is 5.45. The van der Waals surface area contributed by atoms with Crippen molar-refractivity contribution in [3.8, 4) is 17.0 Å². The fourth-order valence-corrected chi connectivity index (χ4v) is 3.97. The number of amides is 2. The second kappa shape index (κ2) is 6.80. The fraction of sp³-hybridized carbons (Fsp3) is 0.286. The highest BCUT2D eigenvalue weighted by molar-refractivity contribution is 5.96. The number of hydrogen-bond donors (Lipinski definition) is 0. The van der Waals surface area contributed by atoms with Crippen LogP contribution in [0.1, 0.15) is 26.6 Å². The standard InChI is InChI=1S/C21H20N4O4/c1-23-19-14-5-2-3-6-16(14)29-13-15(19)18(22-23)21(27)25-10-8-24(9-11-25)20(26)17-7-4-12-28-17/h2-7,12H,8-11,13H2,1H3. The van der Waals surface area contributed by atoms with Gasteiger partial charge in [0, 0.05) is 44.4 Å². The molecule has 1 aromatic carbocycles. The van der Waals surface area contributed by atoms with Gasteiger partial charge in [0.2, 0.25) is 0 Å². The Morgan fingerprint density at radius 3 is 2.41 bits per heavy atom. The van der Waals surface area contributed by atoms with Crippen LogP contribution in [0.4, 0.5) is 0 Å². The van der Waals surface area contributed by atoms with E-state index in [-0.39, 0.29) is 11.8 Å². The van der Waals surface area contributed by atoms with Crippen LogP contribution in [0.15, 0.2) is 47.1 Å². The Labute approximate surface area is 167 Å². The lowest BCUT2D eigenvalue weighted by Gasteiger charge is -2.34. The summed E-state index contributed by atoms with van der Waals surface area (Å²) in [7, 11) is 1.84. The van der Waals surface area contributed by atoms with Crippen LogP contribution in [0.2, 0.25) is 0 Å². The van der Waals surface area contributed by atoms with Crippen LogP contribution in [-0.4, -0.2) is 57.6 Å². The Kier molecular flexibility index (Phi) is 4.12. The summed E-state index contributed by atoms with van der Waals surface area (Å²) in [5.41, 5.74) is 3.09. The molecule has 0 aliphatic carbocycles. The van der Waals surface area contributed by atoms with Gasteiger partial charge in [-0.1, -0.05) is 12.1 Å². The first kappa shape index (κ1) is 17.5. The molecule has 2 aliphatic heterocycles. The summed E-state index contributed by atoms with van der Waals surface area (Å²) in [6, 6.07) is 11.1. The first-order valence-corrected chi connectivity index (χ1v) is 9.53. The number of fused-ring (bicyclic) bond motifs is 3. The van der Waals surface area contributed by atoms with E-state index in [0.717, 1.165) is 22.6 Å². The summed E-state index contributed by atoms with van der Waals surface area (Å²) >= 11 is 0. The summed E-state index contributed by atoms with van der Waals surface area (Å²) in [5.74, 6) is 0.837. The molecule has 148 valence electrons. The normalized spacial score (nSPS) is 15.5. The Balaban J connectivity index is 1.35. The zero-order valence-corrected chi connectivity index (χ0v) is 16.0. The molecule has 29 heavy (non-hydrogen) atoms. The zero-order chi connectivity index (χ0) is 20.0. The van der Waals surface area contributed by atoms with Crippen molar-refractivity contribution >= 4 is 11.8 Å². The van der Waals surface area contributed by atoms with Gasteiger partial charge in [-0.15, -0.1) is 0 Å². The number of carbonyl (C=O) groups is 2. The molecule has 0 saturated carbocycles. The number of rotatable bonds is 2. The van der Waals surface area contributed by atoms with E-state index in [9.17, 15) is 9.59 Å². The molecule has 5 rings (SSSR count). The number of ether oxygens (including phenoxy) is 1. The van der Waals surface area contributed by atoms with Gasteiger partial charge in [0.1, 0.15) is 12.4 Å². The summed E-state index contributed by atoms with van der Waals surface area (Å²) in [6.07, 6.45) is 1.48. The molecule has 4 heterocycles. The molecular weight excluding hydrogens is 372 g/mol. The van der Waals surface area contributed by atoms with Crippen LogP contribution in [0.25, 0.3) is 11.3 Å². The zero-order valence-electron chi connectivity index (χ0n) is 16.0. The average molecular weight is 392 g/mol.